The van der Waals surface area contributed by atoms with Crippen LogP contribution < -0.4 is 4.74 Å². The lowest BCUT2D eigenvalue weighted by molar-refractivity contribution is -0.288. The molecule has 138 heavy (non-hydrogen) atoms. The standard InChI is InChI=1S/C15H10F6.C15H16.C13H10O.2C13H12.C12H10O.C12H10.C7H8.15C2H6/c16-14(17,18)13(15(19,20)21,11-7-3-1-4-8-11)12-9-5-2-6-10-12;1-15(2,13-9-5-3-6-10-13)14-11-7-4-8-12-14;14-13(11-7-3-1-4-8-11)12-9-5-2-6-10-12;2*1-3-7-12(8-4-1)11-13-9-5-2-6-10-13;1-3-7-11(8-4-1)13-12-9-5-2-6-10-12;1-3-7-11(8-4-1)12-9-5-2-6-10-12;1-7-5-3-2-4-6-7;15*1-2/h1-10H;3-12H,1-2H3;1-10H;2*1-10H,11H2;1-10H;1-10H;2-6H,1H3;15*1-2H3. The van der Waals surface area contributed by atoms with Gasteiger partial charge in [0.2, 0.25) is 5.41 Å². The maximum absolute atomic E-state index is 13.5. The van der Waals surface area contributed by atoms with E-state index in [4.69, 9.17) is 4.74 Å². The van der Waals surface area contributed by atoms with Crippen LogP contribution in [0.1, 0.15) is 288 Å². The minimum Gasteiger partial charge on any atom is -0.457 e. The van der Waals surface area contributed by atoms with E-state index in [0.717, 1.165) is 84.0 Å². The van der Waals surface area contributed by atoms with E-state index < -0.39 is 28.9 Å². The monoisotopic (exact) mass is 1890 g/mol. The van der Waals surface area contributed by atoms with Crippen LogP contribution in [0.3, 0.4) is 0 Å². The number of ether oxygens (including phenoxy) is 1. The zero-order valence-corrected chi connectivity index (χ0v) is 90.8. The smallest absolute Gasteiger partial charge is 0.411 e. The van der Waals surface area contributed by atoms with Crippen LogP contribution in [0.5, 0.6) is 11.5 Å². The van der Waals surface area contributed by atoms with E-state index in [1.165, 1.54) is 62.2 Å². The van der Waals surface area contributed by atoms with Gasteiger partial charge in [-0.05, 0) is 99.7 Å². The molecule has 0 aliphatic heterocycles. The van der Waals surface area contributed by atoms with E-state index in [9.17, 15) is 31.1 Å². The number of carbonyl (C=O) groups excluding carboxylic acids is 1. The number of halogens is 6. The zero-order chi connectivity index (χ0) is 106. The second kappa shape index (κ2) is 100. The van der Waals surface area contributed by atoms with Gasteiger partial charge in [0.1, 0.15) is 11.5 Å². The van der Waals surface area contributed by atoms with Crippen LogP contribution in [0.25, 0.3) is 11.1 Å². The molecule has 0 N–H and O–H groups in total. The average molecular weight is 1890 g/mol. The average Bonchev–Trinajstić information content (AvgIpc) is 0.718. The lowest BCUT2D eigenvalue weighted by Crippen LogP contribution is -2.54. The summed E-state index contributed by atoms with van der Waals surface area (Å²) in [7, 11) is 0. The van der Waals surface area contributed by atoms with Crippen LogP contribution in [-0.4, -0.2) is 18.1 Å². The van der Waals surface area contributed by atoms with Crippen LogP contribution in [-0.2, 0) is 23.7 Å². The molecule has 0 atom stereocenters. The molecule has 0 fully saturated rings. The molecule has 0 saturated carbocycles. The maximum atomic E-state index is 13.5. The second-order valence-corrected chi connectivity index (χ2v) is 25.3. The summed E-state index contributed by atoms with van der Waals surface area (Å²) in [4.78, 5) is 11.8. The quantitative estimate of drug-likeness (QED) is 0.0849. The Morgan fingerprint density at radius 3 is 0.529 bits per heavy atom. The van der Waals surface area contributed by atoms with Crippen molar-refractivity contribution in [2.24, 2.45) is 0 Å². The van der Waals surface area contributed by atoms with E-state index >= 15 is 0 Å². The molecule has 0 unspecified atom stereocenters. The summed E-state index contributed by atoms with van der Waals surface area (Å²) in [5.41, 5.74) is 7.88. The highest BCUT2D eigenvalue weighted by Gasteiger charge is 2.72. The van der Waals surface area contributed by atoms with Crippen molar-refractivity contribution >= 4 is 5.78 Å². The summed E-state index contributed by atoms with van der Waals surface area (Å²) in [6.07, 6.45) is -8.98. The Labute approximate surface area is 839 Å². The Bertz CT molecular complexity index is 4330. The fraction of sp³-hybridized carbons (Fsp3) is 0.300. The molecule has 8 heteroatoms. The van der Waals surface area contributed by atoms with Crippen LogP contribution in [0.15, 0.2) is 455 Å². The molecule has 0 aliphatic rings. The fourth-order valence-corrected chi connectivity index (χ4v) is 11.3. The Morgan fingerprint density at radius 2 is 0.355 bits per heavy atom. The molecule has 752 valence electrons. The first-order valence-corrected chi connectivity index (χ1v) is 50.6. The number of carbonyl (C=O) groups is 1. The van der Waals surface area contributed by atoms with Crippen molar-refractivity contribution in [2.75, 3.05) is 0 Å². The molecule has 0 bridgehead atoms. The summed E-state index contributed by atoms with van der Waals surface area (Å²) < 4.78 is 86.7. The van der Waals surface area contributed by atoms with E-state index in [1.807, 2.05) is 359 Å². The highest BCUT2D eigenvalue weighted by molar-refractivity contribution is 6.08. The molecule has 15 aromatic carbocycles. The number of ketones is 1. The van der Waals surface area contributed by atoms with Crippen molar-refractivity contribution < 1.29 is 35.9 Å². The first kappa shape index (κ1) is 141. The van der Waals surface area contributed by atoms with Gasteiger partial charge in [-0.15, -0.1) is 0 Å². The first-order chi connectivity index (χ1) is 67.5. The molecular formula is C130H178F6O2. The Hall–Kier alpha value is -12.7. The molecule has 0 heterocycles. The number of hydrogen-bond donors (Lipinski definition) is 0. The Balaban J connectivity index is -0.000000226. The first-order valence-electron chi connectivity index (χ1n) is 50.6. The van der Waals surface area contributed by atoms with Gasteiger partial charge in [0.05, 0.1) is 0 Å². The SMILES string of the molecule is CC.CC.CC.CC.CC.CC.CC.CC.CC.CC.CC.CC.CC.CC.CC.CC(C)(c1ccccc1)c1ccccc1.Cc1ccccc1.FC(F)(F)C(c1ccccc1)(c1ccccc1)C(F)(F)F.O=C(c1ccccc1)c1ccccc1.c1ccc(-c2ccccc2)cc1.c1ccc(Cc2ccccc2)cc1.c1ccc(Cc2ccccc2)cc1.c1ccc(Oc2ccccc2)cc1. The largest absolute Gasteiger partial charge is 0.457 e. The highest BCUT2D eigenvalue weighted by atomic mass is 19.4. The number of para-hydroxylation sites is 2. The molecule has 0 aromatic heterocycles. The lowest BCUT2D eigenvalue weighted by atomic mass is 9.73. The summed E-state index contributed by atoms with van der Waals surface area (Å²) in [5.74, 6) is 1.81. The third-order valence-electron chi connectivity index (χ3n) is 17.1. The zero-order valence-electron chi connectivity index (χ0n) is 90.8. The molecule has 0 aliphatic carbocycles. The van der Waals surface area contributed by atoms with E-state index in [-0.39, 0.29) is 11.2 Å². The van der Waals surface area contributed by atoms with Crippen LogP contribution in [0.4, 0.5) is 26.3 Å². The lowest BCUT2D eigenvalue weighted by Gasteiger charge is -2.38. The molecule has 0 saturated heterocycles. The summed E-state index contributed by atoms with van der Waals surface area (Å²) in [6.45, 7) is 66.6. The van der Waals surface area contributed by atoms with Crippen molar-refractivity contribution in [1.82, 2.24) is 0 Å². The molecule has 15 rings (SSSR count). The van der Waals surface area contributed by atoms with Crippen LogP contribution in [0, 0.1) is 6.92 Å². The molecule has 0 amide bonds. The van der Waals surface area contributed by atoms with Crippen molar-refractivity contribution in [1.29, 1.82) is 0 Å². The van der Waals surface area contributed by atoms with Gasteiger partial charge in [-0.25, -0.2) is 0 Å². The molecular weight excluding hydrogens is 1710 g/mol. The van der Waals surface area contributed by atoms with Gasteiger partial charge >= 0.3 is 12.4 Å². The van der Waals surface area contributed by atoms with Crippen LogP contribution in [0.2, 0.25) is 0 Å². The van der Waals surface area contributed by atoms with Gasteiger partial charge in [-0.2, -0.15) is 26.3 Å². The van der Waals surface area contributed by atoms with Gasteiger partial charge in [0.15, 0.2) is 5.78 Å². The predicted octanol–water partition coefficient (Wildman–Crippen LogP) is 42.8. The minimum atomic E-state index is -5.52. The minimum absolute atomic E-state index is 0.0752. The second-order valence-electron chi connectivity index (χ2n) is 25.3. The van der Waals surface area contributed by atoms with Gasteiger partial charge in [0, 0.05) is 16.5 Å². The third-order valence-corrected chi connectivity index (χ3v) is 17.1. The number of rotatable bonds is 13. The van der Waals surface area contributed by atoms with E-state index in [2.05, 4.69) is 263 Å². The summed E-state index contributed by atoms with van der Waals surface area (Å²) in [6, 6.07) is 143. The third kappa shape index (κ3) is 61.4. The van der Waals surface area contributed by atoms with E-state index in [1.54, 1.807) is 0 Å². The maximum Gasteiger partial charge on any atom is 0.411 e. The van der Waals surface area contributed by atoms with Gasteiger partial charge < -0.3 is 4.74 Å². The normalized spacial score (nSPS) is 8.92. The number of alkyl halides is 6. The van der Waals surface area contributed by atoms with Crippen molar-refractivity contribution in [3.05, 3.63) is 516 Å². The van der Waals surface area contributed by atoms with Crippen molar-refractivity contribution in [3.63, 3.8) is 0 Å². The predicted molar refractivity (Wildman–Crippen MR) is 605 cm³/mol. The molecule has 2 nitrogen and oxygen atoms in total. The van der Waals surface area contributed by atoms with E-state index in [0.29, 0.717) is 0 Å². The number of benzene rings is 15. The number of hydrogen-bond acceptors (Lipinski definition) is 2. The highest BCUT2D eigenvalue weighted by Crippen LogP contribution is 2.56. The van der Waals surface area contributed by atoms with Crippen molar-refractivity contribution in [2.45, 2.75) is 265 Å². The summed E-state index contributed by atoms with van der Waals surface area (Å²) in [5, 5.41) is 0. The van der Waals surface area contributed by atoms with Crippen LogP contribution >= 0.6 is 0 Å². The topological polar surface area (TPSA) is 26.3 Å². The fourth-order valence-electron chi connectivity index (χ4n) is 11.3. The van der Waals surface area contributed by atoms with Gasteiger partial charge in [0.25, 0.3) is 0 Å². The summed E-state index contributed by atoms with van der Waals surface area (Å²) >= 11 is 0. The Kier molecular flexibility index (Phi) is 102. The van der Waals surface area contributed by atoms with Gasteiger partial charge in [-0.3, -0.25) is 4.79 Å². The molecule has 0 spiro atoms. The number of aryl methyl sites for hydroxylation is 1. The molecule has 0 radical (unpaired) electrons. The van der Waals surface area contributed by atoms with Crippen molar-refractivity contribution in [3.8, 4) is 22.6 Å². The molecule has 15 aromatic rings. The Morgan fingerprint density at radius 1 is 0.203 bits per heavy atom. The van der Waals surface area contributed by atoms with Gasteiger partial charge in [-0.1, -0.05) is 658 Å².